The fourth-order valence-corrected chi connectivity index (χ4v) is 2.75. The monoisotopic (exact) mass is 318 g/mol. The molecule has 2 aromatic rings. The van der Waals surface area contributed by atoms with Crippen LogP contribution in [0.25, 0.3) is 0 Å². The van der Waals surface area contributed by atoms with Crippen LogP contribution in [-0.4, -0.2) is 14.3 Å². The van der Waals surface area contributed by atoms with E-state index in [4.69, 9.17) is 5.14 Å². The fourth-order valence-electron chi connectivity index (χ4n) is 2.10. The zero-order chi connectivity index (χ0) is 16.3. The normalized spacial score (nSPS) is 11.2. The van der Waals surface area contributed by atoms with E-state index in [1.165, 1.54) is 0 Å². The number of carbonyl (C=O) groups excluding carboxylic acids is 1. The third-order valence-electron chi connectivity index (χ3n) is 3.22. The molecule has 0 unspecified atom stereocenters. The zero-order valence-electron chi connectivity index (χ0n) is 12.5. The van der Waals surface area contributed by atoms with Crippen molar-refractivity contribution in [3.05, 3.63) is 64.7 Å². The number of nitrogens with two attached hydrogens (primary N) is 1. The molecule has 22 heavy (non-hydrogen) atoms. The van der Waals surface area contributed by atoms with E-state index in [-0.39, 0.29) is 11.7 Å². The molecule has 0 aliphatic heterocycles. The molecule has 3 N–H and O–H groups in total. The Morgan fingerprint density at radius 2 is 1.73 bits per heavy atom. The number of amides is 1. The van der Waals surface area contributed by atoms with E-state index in [9.17, 15) is 13.2 Å². The summed E-state index contributed by atoms with van der Waals surface area (Å²) in [5, 5.41) is 7.79. The molecule has 2 rings (SSSR count). The maximum Gasteiger partial charge on any atom is 0.255 e. The van der Waals surface area contributed by atoms with Crippen LogP contribution >= 0.6 is 0 Å². The van der Waals surface area contributed by atoms with Gasteiger partial charge in [0.1, 0.15) is 0 Å². The van der Waals surface area contributed by atoms with Crippen LogP contribution in [0.15, 0.2) is 42.5 Å². The van der Waals surface area contributed by atoms with E-state index in [1.54, 1.807) is 24.3 Å². The third kappa shape index (κ3) is 4.41. The number of hydrogen-bond donors (Lipinski definition) is 2. The molecule has 2 aromatic carbocycles. The quantitative estimate of drug-likeness (QED) is 0.906. The molecular formula is C16H18N2O3S. The van der Waals surface area contributed by atoms with Gasteiger partial charge < -0.3 is 5.32 Å². The van der Waals surface area contributed by atoms with Crippen molar-refractivity contribution in [3.63, 3.8) is 0 Å². The largest absolute Gasteiger partial charge is 0.322 e. The Morgan fingerprint density at radius 3 is 2.32 bits per heavy atom. The summed E-state index contributed by atoms with van der Waals surface area (Å²) in [6, 6.07) is 12.3. The summed E-state index contributed by atoms with van der Waals surface area (Å²) in [6.45, 7) is 3.81. The smallest absolute Gasteiger partial charge is 0.255 e. The number of rotatable bonds is 4. The molecule has 0 spiro atoms. The molecule has 0 radical (unpaired) electrons. The average Bonchev–Trinajstić information content (AvgIpc) is 2.42. The molecule has 5 nitrogen and oxygen atoms in total. The summed E-state index contributed by atoms with van der Waals surface area (Å²) in [5.41, 5.74) is 3.71. The van der Waals surface area contributed by atoms with E-state index in [0.29, 0.717) is 16.8 Å². The predicted octanol–water partition coefficient (Wildman–Crippen LogP) is 2.34. The van der Waals surface area contributed by atoms with E-state index in [2.05, 4.69) is 5.32 Å². The van der Waals surface area contributed by atoms with Crippen molar-refractivity contribution in [2.45, 2.75) is 19.6 Å². The highest BCUT2D eigenvalue weighted by atomic mass is 32.2. The van der Waals surface area contributed by atoms with E-state index >= 15 is 0 Å². The Bertz CT molecular complexity index is 797. The number of sulfonamides is 1. The second-order valence-electron chi connectivity index (χ2n) is 5.28. The van der Waals surface area contributed by atoms with Crippen LogP contribution in [0.4, 0.5) is 5.69 Å². The van der Waals surface area contributed by atoms with Crippen LogP contribution in [-0.2, 0) is 15.8 Å². The first kappa shape index (κ1) is 16.2. The van der Waals surface area contributed by atoms with Crippen LogP contribution in [0.2, 0.25) is 0 Å². The van der Waals surface area contributed by atoms with Gasteiger partial charge in [-0.2, -0.15) is 0 Å². The highest BCUT2D eigenvalue weighted by Gasteiger charge is 2.10. The zero-order valence-corrected chi connectivity index (χ0v) is 13.3. The minimum atomic E-state index is -3.55. The first-order valence-corrected chi connectivity index (χ1v) is 8.44. The molecule has 0 bridgehead atoms. The van der Waals surface area contributed by atoms with Crippen LogP contribution < -0.4 is 10.5 Å². The molecular weight excluding hydrogens is 300 g/mol. The Hall–Kier alpha value is -2.18. The first-order valence-electron chi connectivity index (χ1n) is 6.72. The van der Waals surface area contributed by atoms with E-state index < -0.39 is 10.0 Å². The number of anilines is 1. The molecule has 6 heteroatoms. The summed E-state index contributed by atoms with van der Waals surface area (Å²) >= 11 is 0. The summed E-state index contributed by atoms with van der Waals surface area (Å²) in [6.07, 6.45) is 0. The number of benzene rings is 2. The van der Waals surface area contributed by atoms with Crippen LogP contribution in [0.1, 0.15) is 27.0 Å². The van der Waals surface area contributed by atoms with E-state index in [1.807, 2.05) is 32.0 Å². The first-order chi connectivity index (χ1) is 10.2. The molecule has 0 atom stereocenters. The summed E-state index contributed by atoms with van der Waals surface area (Å²) in [7, 11) is -3.55. The maximum absolute atomic E-state index is 12.3. The second-order valence-corrected chi connectivity index (χ2v) is 6.89. The van der Waals surface area contributed by atoms with Crippen LogP contribution in [0.3, 0.4) is 0 Å². The van der Waals surface area contributed by atoms with Crippen molar-refractivity contribution in [1.29, 1.82) is 0 Å². The van der Waals surface area contributed by atoms with E-state index in [0.717, 1.165) is 11.1 Å². The van der Waals surface area contributed by atoms with Gasteiger partial charge in [0.15, 0.2) is 0 Å². The SMILES string of the molecule is Cc1ccc(C)c(C(=O)Nc2ccc(CS(N)(=O)=O)cc2)c1. The predicted molar refractivity (Wildman–Crippen MR) is 87.1 cm³/mol. The van der Waals surface area contributed by atoms with Gasteiger partial charge in [-0.1, -0.05) is 29.8 Å². The highest BCUT2D eigenvalue weighted by Crippen LogP contribution is 2.15. The standard InChI is InChI=1S/C16H18N2O3S/c1-11-3-4-12(2)15(9-11)16(19)18-14-7-5-13(6-8-14)10-22(17,20)21/h3-9H,10H2,1-2H3,(H,18,19)(H2,17,20,21). The Labute approximate surface area is 130 Å². The van der Waals surface area contributed by atoms with Gasteiger partial charge in [0, 0.05) is 11.3 Å². The van der Waals surface area contributed by atoms with Crippen molar-refractivity contribution in [2.24, 2.45) is 5.14 Å². The molecule has 0 fully saturated rings. The fraction of sp³-hybridized carbons (Fsp3) is 0.188. The van der Waals surface area contributed by atoms with Gasteiger partial charge in [0.25, 0.3) is 5.91 Å². The number of carbonyl (C=O) groups is 1. The molecule has 0 aliphatic rings. The van der Waals surface area contributed by atoms with Gasteiger partial charge in [-0.3, -0.25) is 4.79 Å². The number of aryl methyl sites for hydroxylation is 2. The summed E-state index contributed by atoms with van der Waals surface area (Å²) < 4.78 is 22.1. The number of hydrogen-bond acceptors (Lipinski definition) is 3. The molecule has 0 aliphatic carbocycles. The summed E-state index contributed by atoms with van der Waals surface area (Å²) in [5.74, 6) is -0.418. The lowest BCUT2D eigenvalue weighted by Crippen LogP contribution is -2.15. The average molecular weight is 318 g/mol. The molecule has 0 heterocycles. The molecule has 0 saturated carbocycles. The Morgan fingerprint density at radius 1 is 1.09 bits per heavy atom. The van der Waals surface area contributed by atoms with Gasteiger partial charge >= 0.3 is 0 Å². The lowest BCUT2D eigenvalue weighted by molar-refractivity contribution is 0.102. The van der Waals surface area contributed by atoms with Crippen LogP contribution in [0.5, 0.6) is 0 Å². The minimum absolute atomic E-state index is 0.194. The molecule has 0 saturated heterocycles. The van der Waals surface area contributed by atoms with Gasteiger partial charge in [-0.15, -0.1) is 0 Å². The maximum atomic E-state index is 12.3. The van der Waals surface area contributed by atoms with Crippen LogP contribution in [0, 0.1) is 13.8 Å². The van der Waals surface area contributed by atoms with Crippen molar-refractivity contribution < 1.29 is 13.2 Å². The number of nitrogens with one attached hydrogen (secondary N) is 1. The van der Waals surface area contributed by atoms with Crippen molar-refractivity contribution >= 4 is 21.6 Å². The van der Waals surface area contributed by atoms with Gasteiger partial charge in [-0.25, -0.2) is 13.6 Å². The van der Waals surface area contributed by atoms with Crippen molar-refractivity contribution in [3.8, 4) is 0 Å². The minimum Gasteiger partial charge on any atom is -0.322 e. The van der Waals surface area contributed by atoms with Crippen molar-refractivity contribution in [1.82, 2.24) is 0 Å². The van der Waals surface area contributed by atoms with Crippen molar-refractivity contribution in [2.75, 3.05) is 5.32 Å². The second kappa shape index (κ2) is 6.29. The number of primary sulfonamides is 1. The van der Waals surface area contributed by atoms with Gasteiger partial charge in [0.05, 0.1) is 5.75 Å². The lowest BCUT2D eigenvalue weighted by atomic mass is 10.0. The Balaban J connectivity index is 2.14. The molecule has 0 aromatic heterocycles. The van der Waals surface area contributed by atoms with Gasteiger partial charge in [0.2, 0.25) is 10.0 Å². The van der Waals surface area contributed by atoms with Gasteiger partial charge in [-0.05, 0) is 43.2 Å². The summed E-state index contributed by atoms with van der Waals surface area (Å²) in [4.78, 5) is 12.3. The highest BCUT2D eigenvalue weighted by molar-refractivity contribution is 7.88. The third-order valence-corrected chi connectivity index (χ3v) is 3.95. The molecule has 1 amide bonds. The lowest BCUT2D eigenvalue weighted by Gasteiger charge is -2.09. The Kier molecular flexibility index (Phi) is 4.63. The molecule has 116 valence electrons. The topological polar surface area (TPSA) is 89.3 Å².